The predicted octanol–water partition coefficient (Wildman–Crippen LogP) is 1.47. The lowest BCUT2D eigenvalue weighted by Crippen LogP contribution is -2.42. The zero-order valence-corrected chi connectivity index (χ0v) is 12.9. The van der Waals surface area contributed by atoms with Crippen LogP contribution in [0.4, 0.5) is 0 Å². The van der Waals surface area contributed by atoms with E-state index in [1.807, 2.05) is 13.8 Å². The minimum Gasteiger partial charge on any atom is -0.467 e. The maximum atomic E-state index is 12.0. The van der Waals surface area contributed by atoms with Crippen LogP contribution < -0.4 is 10.6 Å². The molecule has 0 aliphatic carbocycles. The molecule has 1 aliphatic heterocycles. The van der Waals surface area contributed by atoms with E-state index < -0.39 is 6.04 Å². The number of ether oxygens (including phenoxy) is 1. The molecule has 0 aromatic rings. The number of carbonyl (C=O) groups excluding carboxylic acids is 2. The van der Waals surface area contributed by atoms with Crippen LogP contribution in [0.15, 0.2) is 0 Å². The minimum absolute atomic E-state index is 0.0494. The van der Waals surface area contributed by atoms with E-state index in [0.717, 1.165) is 19.5 Å². The molecule has 1 saturated heterocycles. The van der Waals surface area contributed by atoms with Crippen LogP contribution in [0, 0.1) is 11.8 Å². The van der Waals surface area contributed by atoms with E-state index in [-0.39, 0.29) is 11.9 Å². The molecule has 0 radical (unpaired) electrons. The zero-order valence-electron chi connectivity index (χ0n) is 12.9. The van der Waals surface area contributed by atoms with Gasteiger partial charge in [0.25, 0.3) is 0 Å². The van der Waals surface area contributed by atoms with Crippen LogP contribution in [0.25, 0.3) is 0 Å². The monoisotopic (exact) mass is 284 g/mol. The summed E-state index contributed by atoms with van der Waals surface area (Å²) < 4.78 is 4.74. The maximum absolute atomic E-state index is 12.0. The van der Waals surface area contributed by atoms with Gasteiger partial charge in [0.1, 0.15) is 6.04 Å². The lowest BCUT2D eigenvalue weighted by molar-refractivity contribution is -0.145. The fourth-order valence-corrected chi connectivity index (χ4v) is 2.60. The second-order valence-electron chi connectivity index (χ2n) is 6.02. The van der Waals surface area contributed by atoms with Gasteiger partial charge in [0.2, 0.25) is 5.91 Å². The predicted molar refractivity (Wildman–Crippen MR) is 78.2 cm³/mol. The molecule has 5 nitrogen and oxygen atoms in total. The molecule has 1 amide bonds. The van der Waals surface area contributed by atoms with Crippen molar-refractivity contribution in [3.05, 3.63) is 0 Å². The molecule has 0 aromatic heterocycles. The van der Waals surface area contributed by atoms with Crippen molar-refractivity contribution in [3.63, 3.8) is 0 Å². The van der Waals surface area contributed by atoms with Gasteiger partial charge in [-0.05, 0) is 50.6 Å². The summed E-state index contributed by atoms with van der Waals surface area (Å²) in [6.07, 6.45) is 4.35. The highest BCUT2D eigenvalue weighted by Gasteiger charge is 2.23. The third-order valence-electron chi connectivity index (χ3n) is 3.71. The van der Waals surface area contributed by atoms with Crippen LogP contribution in [-0.4, -0.2) is 38.1 Å². The van der Waals surface area contributed by atoms with Crippen molar-refractivity contribution in [2.24, 2.45) is 11.8 Å². The summed E-state index contributed by atoms with van der Waals surface area (Å²) in [5.74, 6) is 0.510. The SMILES string of the molecule is COC(=O)[C@H](CC(C)C)NC(=O)CCC1CCCNC1. The molecule has 116 valence electrons. The molecule has 2 atom stereocenters. The number of rotatable bonds is 7. The molecule has 1 aliphatic rings. The van der Waals surface area contributed by atoms with Crippen LogP contribution in [0.3, 0.4) is 0 Å². The maximum Gasteiger partial charge on any atom is 0.328 e. The Morgan fingerprint density at radius 1 is 1.40 bits per heavy atom. The lowest BCUT2D eigenvalue weighted by atomic mass is 9.94. The highest BCUT2D eigenvalue weighted by atomic mass is 16.5. The van der Waals surface area contributed by atoms with E-state index in [2.05, 4.69) is 10.6 Å². The molecule has 0 saturated carbocycles. The molecule has 0 bridgehead atoms. The molecule has 0 spiro atoms. The first kappa shape index (κ1) is 17.0. The molecule has 0 aromatic carbocycles. The number of amides is 1. The summed E-state index contributed by atoms with van der Waals surface area (Å²) in [5, 5.41) is 6.15. The summed E-state index contributed by atoms with van der Waals surface area (Å²) in [4.78, 5) is 23.6. The van der Waals surface area contributed by atoms with Crippen LogP contribution in [-0.2, 0) is 14.3 Å². The molecular weight excluding hydrogens is 256 g/mol. The van der Waals surface area contributed by atoms with E-state index in [0.29, 0.717) is 24.7 Å². The first-order valence-electron chi connectivity index (χ1n) is 7.60. The molecule has 5 heteroatoms. The number of esters is 1. The highest BCUT2D eigenvalue weighted by Crippen LogP contribution is 2.16. The van der Waals surface area contributed by atoms with Gasteiger partial charge in [-0.3, -0.25) is 4.79 Å². The standard InChI is InChI=1S/C15H28N2O3/c1-11(2)9-13(15(19)20-3)17-14(18)7-6-12-5-4-8-16-10-12/h11-13,16H,4-10H2,1-3H3,(H,17,18)/t12?,13-/m0/s1. The Bertz CT molecular complexity index is 312. The third kappa shape index (κ3) is 6.37. The van der Waals surface area contributed by atoms with Gasteiger partial charge in [0.15, 0.2) is 0 Å². The topological polar surface area (TPSA) is 67.4 Å². The normalized spacial score (nSPS) is 20.5. The molecular formula is C15H28N2O3. The first-order chi connectivity index (χ1) is 9.52. The summed E-state index contributed by atoms with van der Waals surface area (Å²) >= 11 is 0. The Hall–Kier alpha value is -1.10. The smallest absolute Gasteiger partial charge is 0.328 e. The van der Waals surface area contributed by atoms with E-state index in [1.165, 1.54) is 20.0 Å². The molecule has 2 N–H and O–H groups in total. The Morgan fingerprint density at radius 2 is 2.15 bits per heavy atom. The van der Waals surface area contributed by atoms with E-state index in [9.17, 15) is 9.59 Å². The van der Waals surface area contributed by atoms with Crippen molar-refractivity contribution in [1.29, 1.82) is 0 Å². The van der Waals surface area contributed by atoms with Gasteiger partial charge in [-0.1, -0.05) is 13.8 Å². The number of methoxy groups -OCH3 is 1. The summed E-state index contributed by atoms with van der Waals surface area (Å²) in [6, 6.07) is -0.517. The number of hydrogen-bond acceptors (Lipinski definition) is 4. The lowest BCUT2D eigenvalue weighted by Gasteiger charge is -2.23. The van der Waals surface area contributed by atoms with Gasteiger partial charge >= 0.3 is 5.97 Å². The first-order valence-corrected chi connectivity index (χ1v) is 7.60. The second-order valence-corrected chi connectivity index (χ2v) is 6.02. The zero-order chi connectivity index (χ0) is 15.0. The fraction of sp³-hybridized carbons (Fsp3) is 0.867. The number of carbonyl (C=O) groups is 2. The van der Waals surface area contributed by atoms with Crippen molar-refractivity contribution in [2.75, 3.05) is 20.2 Å². The quantitative estimate of drug-likeness (QED) is 0.695. The average molecular weight is 284 g/mol. The molecule has 1 rings (SSSR count). The Morgan fingerprint density at radius 3 is 2.70 bits per heavy atom. The highest BCUT2D eigenvalue weighted by molar-refractivity contribution is 5.84. The van der Waals surface area contributed by atoms with Crippen molar-refractivity contribution >= 4 is 11.9 Å². The Kier molecular flexibility index (Phi) is 7.59. The van der Waals surface area contributed by atoms with Crippen molar-refractivity contribution in [2.45, 2.75) is 52.0 Å². The summed E-state index contributed by atoms with van der Waals surface area (Å²) in [5.41, 5.74) is 0. The van der Waals surface area contributed by atoms with Gasteiger partial charge in [-0.15, -0.1) is 0 Å². The van der Waals surface area contributed by atoms with E-state index >= 15 is 0 Å². The largest absolute Gasteiger partial charge is 0.467 e. The van der Waals surface area contributed by atoms with Crippen molar-refractivity contribution < 1.29 is 14.3 Å². The fourth-order valence-electron chi connectivity index (χ4n) is 2.60. The Labute approximate surface area is 121 Å². The van der Waals surface area contributed by atoms with Crippen LogP contribution in [0.2, 0.25) is 0 Å². The third-order valence-corrected chi connectivity index (χ3v) is 3.71. The molecule has 1 unspecified atom stereocenters. The summed E-state index contributed by atoms with van der Waals surface area (Å²) in [6.45, 7) is 6.13. The molecule has 1 fully saturated rings. The number of hydrogen-bond donors (Lipinski definition) is 2. The average Bonchev–Trinajstić information content (AvgIpc) is 2.44. The minimum atomic E-state index is -0.517. The van der Waals surface area contributed by atoms with E-state index in [1.54, 1.807) is 0 Å². The van der Waals surface area contributed by atoms with Crippen LogP contribution in [0.1, 0.15) is 46.0 Å². The van der Waals surface area contributed by atoms with Crippen molar-refractivity contribution in [3.8, 4) is 0 Å². The van der Waals surface area contributed by atoms with E-state index in [4.69, 9.17) is 4.74 Å². The second kappa shape index (κ2) is 8.95. The van der Waals surface area contributed by atoms with Gasteiger partial charge < -0.3 is 15.4 Å². The van der Waals surface area contributed by atoms with Crippen molar-refractivity contribution in [1.82, 2.24) is 10.6 Å². The van der Waals surface area contributed by atoms with Crippen LogP contribution in [0.5, 0.6) is 0 Å². The van der Waals surface area contributed by atoms with Gasteiger partial charge in [-0.25, -0.2) is 4.79 Å². The summed E-state index contributed by atoms with van der Waals surface area (Å²) in [7, 11) is 1.36. The Balaban J connectivity index is 2.34. The molecule has 1 heterocycles. The van der Waals surface area contributed by atoms with Gasteiger partial charge in [0, 0.05) is 6.42 Å². The number of piperidine rings is 1. The molecule has 20 heavy (non-hydrogen) atoms. The number of nitrogens with one attached hydrogen (secondary N) is 2. The van der Waals surface area contributed by atoms with Gasteiger partial charge in [0.05, 0.1) is 7.11 Å². The van der Waals surface area contributed by atoms with Gasteiger partial charge in [-0.2, -0.15) is 0 Å². The van der Waals surface area contributed by atoms with Crippen LogP contribution >= 0.6 is 0 Å².